The third kappa shape index (κ3) is 2.22. The zero-order valence-corrected chi connectivity index (χ0v) is 4.54. The summed E-state index contributed by atoms with van der Waals surface area (Å²) < 4.78 is 0. The predicted molar refractivity (Wildman–Crippen MR) is 24.6 cm³/mol. The van der Waals surface area contributed by atoms with Crippen LogP contribution in [0.5, 0.6) is 0 Å². The monoisotopic (exact) mass is 73.0 g/mol. The molecule has 0 unspecified atom stereocenters. The zero-order valence-electron chi connectivity index (χ0n) is 3.12. The van der Waals surface area contributed by atoms with Gasteiger partial charge in [-0.3, -0.25) is 0 Å². The third-order valence-corrected chi connectivity index (χ3v) is 1.06. The van der Waals surface area contributed by atoms with Crippen molar-refractivity contribution in [2.45, 2.75) is 12.6 Å². The Morgan fingerprint density at radius 1 is 2.00 bits per heavy atom. The molecule has 0 aliphatic carbocycles. The van der Waals surface area contributed by atoms with Crippen molar-refractivity contribution < 1.29 is 0 Å². The highest BCUT2D eigenvalue weighted by Gasteiger charge is 1.58. The molecule has 0 nitrogen and oxygen atoms in total. The summed E-state index contributed by atoms with van der Waals surface area (Å²) in [4.78, 5) is 0. The number of hydrogen-bond acceptors (Lipinski definition) is 0. The lowest BCUT2D eigenvalue weighted by Gasteiger charge is -1.65. The van der Waals surface area contributed by atoms with E-state index in [0.717, 1.165) is 0 Å². The third-order valence-electron chi connectivity index (χ3n) is 0.354. The smallest absolute Gasteiger partial charge is 0.0166 e. The summed E-state index contributed by atoms with van der Waals surface area (Å²) >= 11 is 0. The Morgan fingerprint density at radius 2 is 2.25 bits per heavy atom. The van der Waals surface area contributed by atoms with Gasteiger partial charge >= 0.3 is 0 Å². The van der Waals surface area contributed by atoms with Gasteiger partial charge in [-0.2, -0.15) is 0 Å². The lowest BCUT2D eigenvalue weighted by atomic mass is 11.0. The molecule has 0 fully saturated rings. The first-order valence-corrected chi connectivity index (χ1v) is 4.12. The van der Waals surface area contributed by atoms with Gasteiger partial charge in [0.2, 0.25) is 0 Å². The molecule has 0 aromatic carbocycles. The molecule has 25 valence electrons. The molecule has 0 saturated heterocycles. The van der Waals surface area contributed by atoms with Crippen LogP contribution in [0.15, 0.2) is 0 Å². The van der Waals surface area contributed by atoms with Gasteiger partial charge in [-0.15, -0.1) is 0 Å². The molecule has 4 heavy (non-hydrogen) atoms. The highest BCUT2D eigenvalue weighted by molar-refractivity contribution is 6.33. The molecule has 0 aromatic rings. The molecule has 0 rings (SSSR count). The average molecular weight is 73.2 g/mol. The van der Waals surface area contributed by atoms with Gasteiger partial charge in [0.15, 0.2) is 0 Å². The van der Waals surface area contributed by atoms with Crippen LogP contribution in [0.4, 0.5) is 0 Å². The van der Waals surface area contributed by atoms with Gasteiger partial charge in [0.1, 0.15) is 0 Å². The standard InChI is InChI=1S/C3H9Si/c1-3-4-2/h1,3-4H2,2H3. The second-order valence-electron chi connectivity index (χ2n) is 0.854. The van der Waals surface area contributed by atoms with Crippen molar-refractivity contribution in [1.82, 2.24) is 0 Å². The summed E-state index contributed by atoms with van der Waals surface area (Å²) in [5.41, 5.74) is 0. The van der Waals surface area contributed by atoms with Crippen molar-refractivity contribution in [3.05, 3.63) is 6.92 Å². The highest BCUT2D eigenvalue weighted by Crippen LogP contribution is 1.63. The van der Waals surface area contributed by atoms with Crippen molar-refractivity contribution in [2.75, 3.05) is 0 Å². The predicted octanol–water partition coefficient (Wildman–Crippen LogP) is 0.456. The maximum absolute atomic E-state index is 3.67. The first-order chi connectivity index (χ1) is 1.91. The van der Waals surface area contributed by atoms with Crippen LogP contribution >= 0.6 is 0 Å². The van der Waals surface area contributed by atoms with Crippen LogP contribution in [0.1, 0.15) is 0 Å². The number of hydrogen-bond donors (Lipinski definition) is 0. The van der Waals surface area contributed by atoms with E-state index in [4.69, 9.17) is 0 Å². The first kappa shape index (κ1) is 4.22. The van der Waals surface area contributed by atoms with E-state index in [9.17, 15) is 0 Å². The molecular weight excluding hydrogens is 64.1 g/mol. The number of rotatable bonds is 1. The second kappa shape index (κ2) is 3.22. The summed E-state index contributed by atoms with van der Waals surface area (Å²) in [5.74, 6) is 0. The Hall–Kier alpha value is 0.217. The molecule has 0 saturated carbocycles. The maximum Gasteiger partial charge on any atom is 0.0166 e. The highest BCUT2D eigenvalue weighted by atomic mass is 28.2. The summed E-state index contributed by atoms with van der Waals surface area (Å²) in [6.45, 7) is 5.92. The van der Waals surface area contributed by atoms with Gasteiger partial charge in [0.05, 0.1) is 0 Å². The molecule has 0 heterocycles. The van der Waals surface area contributed by atoms with Gasteiger partial charge in [-0.1, -0.05) is 19.5 Å². The Balaban J connectivity index is 1.97. The van der Waals surface area contributed by atoms with Crippen molar-refractivity contribution in [3.8, 4) is 0 Å². The van der Waals surface area contributed by atoms with E-state index < -0.39 is 0 Å². The van der Waals surface area contributed by atoms with Crippen LogP contribution in [0, 0.1) is 6.92 Å². The molecular formula is C3H9Si. The fourth-order valence-corrected chi connectivity index (χ4v) is 0. The largest absolute Gasteiger partial charge is 0.0748 e. The lowest BCUT2D eigenvalue weighted by Crippen LogP contribution is -1.67. The Morgan fingerprint density at radius 3 is 2.25 bits per heavy atom. The van der Waals surface area contributed by atoms with E-state index in [2.05, 4.69) is 13.5 Å². The van der Waals surface area contributed by atoms with Crippen LogP contribution in [0.2, 0.25) is 12.6 Å². The molecule has 0 aromatic heterocycles. The molecule has 0 spiro atoms. The van der Waals surface area contributed by atoms with Crippen LogP contribution < -0.4 is 0 Å². The molecule has 0 aliphatic heterocycles. The molecule has 1 heteroatoms. The van der Waals surface area contributed by atoms with Gasteiger partial charge < -0.3 is 0 Å². The van der Waals surface area contributed by atoms with E-state index >= 15 is 0 Å². The molecule has 0 aliphatic rings. The molecule has 0 amide bonds. The van der Waals surface area contributed by atoms with E-state index in [0.29, 0.717) is 9.52 Å². The van der Waals surface area contributed by atoms with Gasteiger partial charge in [-0.05, 0) is 0 Å². The van der Waals surface area contributed by atoms with E-state index in [1.807, 2.05) is 0 Å². The average Bonchev–Trinajstić information content (AvgIpc) is 1.37. The summed E-state index contributed by atoms with van der Waals surface area (Å²) in [7, 11) is 0.313. The van der Waals surface area contributed by atoms with Crippen molar-refractivity contribution in [3.63, 3.8) is 0 Å². The van der Waals surface area contributed by atoms with Crippen LogP contribution in [-0.4, -0.2) is 9.52 Å². The molecule has 1 radical (unpaired) electrons. The minimum absolute atomic E-state index is 0.313. The zero-order chi connectivity index (χ0) is 3.41. The van der Waals surface area contributed by atoms with Crippen LogP contribution in [-0.2, 0) is 0 Å². The molecule has 0 bridgehead atoms. The lowest BCUT2D eigenvalue weighted by molar-refractivity contribution is 1.71. The van der Waals surface area contributed by atoms with Crippen LogP contribution in [0.3, 0.4) is 0 Å². The van der Waals surface area contributed by atoms with Crippen molar-refractivity contribution >= 4 is 9.52 Å². The summed E-state index contributed by atoms with van der Waals surface area (Å²) in [5, 5.41) is 0. The fourth-order valence-electron chi connectivity index (χ4n) is 0. The minimum atomic E-state index is 0.313. The summed E-state index contributed by atoms with van der Waals surface area (Å²) in [6, 6.07) is 1.21. The van der Waals surface area contributed by atoms with Gasteiger partial charge in [0.25, 0.3) is 0 Å². The van der Waals surface area contributed by atoms with Crippen molar-refractivity contribution in [1.29, 1.82) is 0 Å². The minimum Gasteiger partial charge on any atom is -0.0748 e. The molecule has 0 atom stereocenters. The normalized spacial score (nSPS) is 10.5. The fraction of sp³-hybridized carbons (Fsp3) is 0.667. The molecule has 0 N–H and O–H groups in total. The van der Waals surface area contributed by atoms with Crippen molar-refractivity contribution in [2.24, 2.45) is 0 Å². The van der Waals surface area contributed by atoms with E-state index in [1.165, 1.54) is 6.04 Å². The Kier molecular flexibility index (Phi) is 3.39. The van der Waals surface area contributed by atoms with E-state index in [-0.39, 0.29) is 0 Å². The Labute approximate surface area is 30.0 Å². The maximum atomic E-state index is 3.67. The SMILES string of the molecule is [CH2]C[SiH2]C. The first-order valence-electron chi connectivity index (χ1n) is 1.71. The topological polar surface area (TPSA) is 0 Å². The summed E-state index contributed by atoms with van der Waals surface area (Å²) in [6.07, 6.45) is 0. The van der Waals surface area contributed by atoms with E-state index in [1.54, 1.807) is 0 Å². The Bertz CT molecular complexity index is 5.25. The quantitative estimate of drug-likeness (QED) is 0.395. The van der Waals surface area contributed by atoms with Gasteiger partial charge in [0, 0.05) is 9.52 Å². The van der Waals surface area contributed by atoms with Gasteiger partial charge in [-0.25, -0.2) is 0 Å². The second-order valence-corrected chi connectivity index (χ2v) is 2.56. The van der Waals surface area contributed by atoms with Crippen LogP contribution in [0.25, 0.3) is 0 Å².